The Morgan fingerprint density at radius 1 is 0.921 bits per heavy atom. The molecule has 0 saturated heterocycles. The molecule has 0 aliphatic heterocycles. The van der Waals surface area contributed by atoms with E-state index in [1.807, 2.05) is 24.3 Å². The summed E-state index contributed by atoms with van der Waals surface area (Å²) in [6.07, 6.45) is 2.66. The Balaban J connectivity index is 2.17. The van der Waals surface area contributed by atoms with Crippen LogP contribution in [0.25, 0.3) is 10.9 Å². The van der Waals surface area contributed by atoms with Crippen LogP contribution < -0.4 is 27.4 Å². The maximum absolute atomic E-state index is 13.1. The predicted molar refractivity (Wildman–Crippen MR) is 139 cm³/mol. The summed E-state index contributed by atoms with van der Waals surface area (Å²) in [7, 11) is 0. The summed E-state index contributed by atoms with van der Waals surface area (Å²) >= 11 is 0. The van der Waals surface area contributed by atoms with Gasteiger partial charge in [0.1, 0.15) is 18.1 Å². The van der Waals surface area contributed by atoms with Gasteiger partial charge in [-0.1, -0.05) is 24.6 Å². The Kier molecular flexibility index (Phi) is 11.7. The molecule has 13 heteroatoms. The number of rotatable bonds is 16. The summed E-state index contributed by atoms with van der Waals surface area (Å²) < 4.78 is 0. The number of nitrogens with two attached hydrogens (primary N) is 2. The lowest BCUT2D eigenvalue weighted by molar-refractivity contribution is -0.143. The molecule has 38 heavy (non-hydrogen) atoms. The van der Waals surface area contributed by atoms with Gasteiger partial charge in [0.15, 0.2) is 0 Å². The van der Waals surface area contributed by atoms with E-state index < -0.39 is 60.2 Å². The zero-order chi connectivity index (χ0) is 28.2. The maximum Gasteiger partial charge on any atom is 0.326 e. The van der Waals surface area contributed by atoms with Crippen molar-refractivity contribution in [2.75, 3.05) is 6.54 Å². The van der Waals surface area contributed by atoms with Crippen LogP contribution in [0.15, 0.2) is 30.5 Å². The molecule has 0 fully saturated rings. The number of benzene rings is 1. The molecular weight excluding hydrogens is 496 g/mol. The van der Waals surface area contributed by atoms with Crippen molar-refractivity contribution in [2.45, 2.75) is 69.6 Å². The molecule has 0 bridgehead atoms. The lowest BCUT2D eigenvalue weighted by atomic mass is 10.0. The standard InChI is InChI=1S/C25H36N6O7/c1-14(29-23(35)17(27)7-4-5-11-26)22(34)31-20(12-15-13-28-18-8-3-2-6-16(15)18)24(36)30-19(25(37)38)9-10-21(32)33/h2-3,6,8,13-14,17,19-20,28H,4-5,7,9-12,26-27H2,1H3,(H,29,35)(H,30,36)(H,31,34)(H,32,33)(H,37,38). The average Bonchev–Trinajstić information content (AvgIpc) is 3.28. The SMILES string of the molecule is CC(NC(=O)C(N)CCCCN)C(=O)NC(Cc1c[nH]c2ccccc12)C(=O)NC(CCC(=O)O)C(=O)O. The molecular formula is C25H36N6O7. The molecule has 2 aromatic rings. The number of aromatic amines is 1. The average molecular weight is 533 g/mol. The summed E-state index contributed by atoms with van der Waals surface area (Å²) in [4.78, 5) is 64.0. The number of para-hydroxylation sites is 1. The minimum absolute atomic E-state index is 0.00608. The number of aliphatic carboxylic acids is 2. The fourth-order valence-electron chi connectivity index (χ4n) is 3.85. The third-order valence-corrected chi connectivity index (χ3v) is 6.05. The monoisotopic (exact) mass is 532 g/mol. The second kappa shape index (κ2) is 14.7. The normalized spacial score (nSPS) is 14.2. The van der Waals surface area contributed by atoms with Crippen LogP contribution in [0.3, 0.4) is 0 Å². The number of amides is 3. The fraction of sp³-hybridized carbons (Fsp3) is 0.480. The minimum atomic E-state index is -1.47. The van der Waals surface area contributed by atoms with Crippen LogP contribution in [-0.4, -0.2) is 75.6 Å². The van der Waals surface area contributed by atoms with Gasteiger partial charge in [-0.25, -0.2) is 4.79 Å². The van der Waals surface area contributed by atoms with E-state index in [0.29, 0.717) is 31.4 Å². The van der Waals surface area contributed by atoms with Gasteiger partial charge in [-0.2, -0.15) is 0 Å². The molecule has 0 radical (unpaired) electrons. The zero-order valence-corrected chi connectivity index (χ0v) is 21.2. The van der Waals surface area contributed by atoms with Crippen LogP contribution in [0.1, 0.15) is 44.6 Å². The van der Waals surface area contributed by atoms with Crippen LogP contribution >= 0.6 is 0 Å². The largest absolute Gasteiger partial charge is 0.481 e. The van der Waals surface area contributed by atoms with E-state index in [2.05, 4.69) is 20.9 Å². The Hall–Kier alpha value is -3.97. The molecule has 4 unspecified atom stereocenters. The van der Waals surface area contributed by atoms with Crippen molar-refractivity contribution in [1.82, 2.24) is 20.9 Å². The van der Waals surface area contributed by atoms with E-state index in [-0.39, 0.29) is 12.8 Å². The first-order chi connectivity index (χ1) is 18.0. The number of nitrogens with one attached hydrogen (secondary N) is 4. The molecule has 4 atom stereocenters. The summed E-state index contributed by atoms with van der Waals surface area (Å²) in [5, 5.41) is 26.6. The Morgan fingerprint density at radius 3 is 2.26 bits per heavy atom. The van der Waals surface area contributed by atoms with Crippen LogP contribution in [0, 0.1) is 0 Å². The van der Waals surface area contributed by atoms with Gasteiger partial charge >= 0.3 is 11.9 Å². The topological polar surface area (TPSA) is 230 Å². The lowest BCUT2D eigenvalue weighted by Gasteiger charge is -2.23. The first-order valence-corrected chi connectivity index (χ1v) is 12.4. The van der Waals surface area contributed by atoms with Crippen molar-refractivity contribution >= 4 is 40.6 Å². The molecule has 0 spiro atoms. The molecule has 0 aliphatic carbocycles. The van der Waals surface area contributed by atoms with Crippen molar-refractivity contribution < 1.29 is 34.2 Å². The first-order valence-electron chi connectivity index (χ1n) is 12.4. The van der Waals surface area contributed by atoms with Crippen LogP contribution in [0.5, 0.6) is 0 Å². The van der Waals surface area contributed by atoms with Gasteiger partial charge in [-0.05, 0) is 44.4 Å². The number of fused-ring (bicyclic) bond motifs is 1. The number of carboxylic acid groups (broad SMARTS) is 2. The number of carbonyl (C=O) groups excluding carboxylic acids is 3. The van der Waals surface area contributed by atoms with Crippen molar-refractivity contribution in [2.24, 2.45) is 11.5 Å². The van der Waals surface area contributed by atoms with Crippen LogP contribution in [0.2, 0.25) is 0 Å². The summed E-state index contributed by atoms with van der Waals surface area (Å²) in [6.45, 7) is 1.92. The quantitative estimate of drug-likeness (QED) is 0.131. The molecule has 2 rings (SSSR count). The molecule has 10 N–H and O–H groups in total. The number of hydrogen-bond donors (Lipinski definition) is 8. The van der Waals surface area contributed by atoms with E-state index in [4.69, 9.17) is 16.6 Å². The summed E-state index contributed by atoms with van der Waals surface area (Å²) in [5.74, 6) is -4.62. The van der Waals surface area contributed by atoms with Gasteiger partial charge in [0.25, 0.3) is 0 Å². The van der Waals surface area contributed by atoms with Gasteiger partial charge in [0, 0.05) is 29.9 Å². The summed E-state index contributed by atoms with van der Waals surface area (Å²) in [6, 6.07) is 2.77. The molecule has 13 nitrogen and oxygen atoms in total. The van der Waals surface area contributed by atoms with Crippen molar-refractivity contribution in [1.29, 1.82) is 0 Å². The molecule has 1 aromatic carbocycles. The van der Waals surface area contributed by atoms with E-state index in [1.165, 1.54) is 6.92 Å². The van der Waals surface area contributed by atoms with Gasteiger partial charge < -0.3 is 42.6 Å². The smallest absolute Gasteiger partial charge is 0.326 e. The number of aromatic nitrogens is 1. The fourth-order valence-corrected chi connectivity index (χ4v) is 3.85. The highest BCUT2D eigenvalue weighted by atomic mass is 16.4. The molecule has 3 amide bonds. The second-order valence-corrected chi connectivity index (χ2v) is 9.08. The van der Waals surface area contributed by atoms with Crippen molar-refractivity contribution in [3.63, 3.8) is 0 Å². The molecule has 0 saturated carbocycles. The lowest BCUT2D eigenvalue weighted by Crippen LogP contribution is -2.57. The van der Waals surface area contributed by atoms with Gasteiger partial charge in [0.2, 0.25) is 17.7 Å². The molecule has 1 heterocycles. The number of hydrogen-bond acceptors (Lipinski definition) is 7. The highest BCUT2D eigenvalue weighted by Gasteiger charge is 2.30. The van der Waals surface area contributed by atoms with Gasteiger partial charge in [-0.3, -0.25) is 19.2 Å². The first kappa shape index (κ1) is 30.3. The Bertz CT molecular complexity index is 1130. The number of H-pyrrole nitrogens is 1. The third kappa shape index (κ3) is 9.16. The molecule has 0 aliphatic rings. The number of carboxylic acids is 2. The minimum Gasteiger partial charge on any atom is -0.481 e. The third-order valence-electron chi connectivity index (χ3n) is 6.05. The molecule has 1 aromatic heterocycles. The number of carbonyl (C=O) groups is 5. The van der Waals surface area contributed by atoms with Crippen molar-refractivity contribution in [3.8, 4) is 0 Å². The van der Waals surface area contributed by atoms with Crippen LogP contribution in [-0.2, 0) is 30.4 Å². The predicted octanol–water partition coefficient (Wildman–Crippen LogP) is -0.410. The number of unbranched alkanes of at least 4 members (excludes halogenated alkanes) is 1. The highest BCUT2D eigenvalue weighted by Crippen LogP contribution is 2.19. The van der Waals surface area contributed by atoms with E-state index in [1.54, 1.807) is 6.20 Å². The van der Waals surface area contributed by atoms with Gasteiger partial charge in [-0.15, -0.1) is 0 Å². The van der Waals surface area contributed by atoms with Gasteiger partial charge in [0.05, 0.1) is 6.04 Å². The van der Waals surface area contributed by atoms with E-state index in [9.17, 15) is 29.1 Å². The Labute approximate surface area is 219 Å². The van der Waals surface area contributed by atoms with Crippen molar-refractivity contribution in [3.05, 3.63) is 36.0 Å². The van der Waals surface area contributed by atoms with E-state index >= 15 is 0 Å². The summed E-state index contributed by atoms with van der Waals surface area (Å²) in [5.41, 5.74) is 12.8. The molecule has 208 valence electrons. The van der Waals surface area contributed by atoms with Crippen LogP contribution in [0.4, 0.5) is 0 Å². The Morgan fingerprint density at radius 2 is 1.61 bits per heavy atom. The zero-order valence-electron chi connectivity index (χ0n) is 21.2. The maximum atomic E-state index is 13.1. The second-order valence-electron chi connectivity index (χ2n) is 9.08. The van der Waals surface area contributed by atoms with E-state index in [0.717, 1.165) is 10.9 Å². The highest BCUT2D eigenvalue weighted by molar-refractivity contribution is 5.94.